The predicted molar refractivity (Wildman–Crippen MR) is 133 cm³/mol. The molecular formula is C20H32IN7O2S. The van der Waals surface area contributed by atoms with Crippen LogP contribution in [-0.2, 0) is 30.2 Å². The van der Waals surface area contributed by atoms with E-state index in [4.69, 9.17) is 0 Å². The Labute approximate surface area is 202 Å². The fourth-order valence-electron chi connectivity index (χ4n) is 3.31. The summed E-state index contributed by atoms with van der Waals surface area (Å²) in [5.74, 6) is 0.630. The number of nitrogens with one attached hydrogen (secondary N) is 2. The number of rotatable bonds is 7. The van der Waals surface area contributed by atoms with E-state index in [0.717, 1.165) is 18.8 Å². The van der Waals surface area contributed by atoms with Gasteiger partial charge in [0.2, 0.25) is 10.0 Å². The maximum atomic E-state index is 13.2. The molecule has 0 radical (unpaired) electrons. The van der Waals surface area contributed by atoms with Gasteiger partial charge in [0.25, 0.3) is 0 Å². The quantitative estimate of drug-likeness (QED) is 0.300. The molecule has 172 valence electrons. The van der Waals surface area contributed by atoms with E-state index in [0.29, 0.717) is 42.6 Å². The van der Waals surface area contributed by atoms with Gasteiger partial charge in [0.05, 0.1) is 23.7 Å². The van der Waals surface area contributed by atoms with Crippen LogP contribution >= 0.6 is 24.0 Å². The van der Waals surface area contributed by atoms with Gasteiger partial charge in [0, 0.05) is 46.0 Å². The van der Waals surface area contributed by atoms with Gasteiger partial charge in [-0.2, -0.15) is 9.40 Å². The number of nitrogens with zero attached hydrogens (tertiary/aromatic N) is 5. The van der Waals surface area contributed by atoms with Crippen LogP contribution in [0.15, 0.2) is 46.4 Å². The zero-order valence-electron chi connectivity index (χ0n) is 18.3. The van der Waals surface area contributed by atoms with Crippen LogP contribution in [0.3, 0.4) is 0 Å². The molecule has 2 N–H and O–H groups in total. The molecule has 0 saturated carbocycles. The molecule has 0 atom stereocenters. The van der Waals surface area contributed by atoms with E-state index in [1.165, 1.54) is 0 Å². The van der Waals surface area contributed by atoms with Gasteiger partial charge >= 0.3 is 0 Å². The van der Waals surface area contributed by atoms with Crippen molar-refractivity contribution in [1.82, 2.24) is 29.6 Å². The summed E-state index contributed by atoms with van der Waals surface area (Å²) in [6.07, 6.45) is 1.75. The average molecular weight is 561 g/mol. The monoisotopic (exact) mass is 561 g/mol. The fourth-order valence-corrected chi connectivity index (χ4v) is 4.95. The van der Waals surface area contributed by atoms with Gasteiger partial charge in [-0.25, -0.2) is 13.4 Å². The van der Waals surface area contributed by atoms with Crippen molar-refractivity contribution >= 4 is 40.0 Å². The summed E-state index contributed by atoms with van der Waals surface area (Å²) in [4.78, 5) is 7.09. The number of hydrogen-bond donors (Lipinski definition) is 2. The number of hydrogen-bond acceptors (Lipinski definition) is 5. The van der Waals surface area contributed by atoms with Crippen LogP contribution in [0.4, 0.5) is 0 Å². The van der Waals surface area contributed by atoms with E-state index >= 15 is 0 Å². The number of halogens is 1. The van der Waals surface area contributed by atoms with Gasteiger partial charge in [-0.3, -0.25) is 4.68 Å². The number of aromatic nitrogens is 2. The van der Waals surface area contributed by atoms with E-state index in [2.05, 4.69) is 25.6 Å². The molecule has 1 saturated heterocycles. The zero-order chi connectivity index (χ0) is 21.6. The van der Waals surface area contributed by atoms with Crippen molar-refractivity contribution in [3.05, 3.63) is 47.8 Å². The Morgan fingerprint density at radius 2 is 1.81 bits per heavy atom. The Morgan fingerprint density at radius 3 is 2.45 bits per heavy atom. The first-order valence-corrected chi connectivity index (χ1v) is 11.6. The first-order chi connectivity index (χ1) is 14.4. The van der Waals surface area contributed by atoms with Gasteiger partial charge in [-0.05, 0) is 31.7 Å². The Bertz CT molecular complexity index is 969. The van der Waals surface area contributed by atoms with Gasteiger partial charge in [0.1, 0.15) is 0 Å². The third-order valence-corrected chi connectivity index (χ3v) is 7.16. The molecule has 0 unspecified atom stereocenters. The lowest BCUT2D eigenvalue weighted by molar-refractivity contribution is 0.222. The van der Waals surface area contributed by atoms with Gasteiger partial charge < -0.3 is 15.5 Å². The Hall–Kier alpha value is -1.70. The Kier molecular flexibility index (Phi) is 9.72. The van der Waals surface area contributed by atoms with Crippen molar-refractivity contribution in [2.24, 2.45) is 12.0 Å². The summed E-state index contributed by atoms with van der Waals surface area (Å²) < 4.78 is 29.8. The minimum absolute atomic E-state index is 0. The Morgan fingerprint density at radius 1 is 1.10 bits per heavy atom. The normalized spacial score (nSPS) is 16.0. The molecule has 3 rings (SSSR count). The zero-order valence-corrected chi connectivity index (χ0v) is 21.4. The minimum Gasteiger partial charge on any atom is -0.357 e. The molecule has 1 aliphatic rings. The van der Waals surface area contributed by atoms with E-state index in [1.54, 1.807) is 27.3 Å². The highest BCUT2D eigenvalue weighted by atomic mass is 127. The van der Waals surface area contributed by atoms with Crippen LogP contribution in [0.5, 0.6) is 0 Å². The van der Waals surface area contributed by atoms with Crippen LogP contribution in [-0.4, -0.2) is 73.1 Å². The summed E-state index contributed by atoms with van der Waals surface area (Å²) >= 11 is 0. The molecule has 2 aromatic rings. The van der Waals surface area contributed by atoms with Crippen LogP contribution in [0.2, 0.25) is 0 Å². The second kappa shape index (κ2) is 11.8. The number of aryl methyl sites for hydroxylation is 1. The molecule has 1 aromatic carbocycles. The molecule has 11 heteroatoms. The van der Waals surface area contributed by atoms with Crippen LogP contribution in [0.1, 0.15) is 18.2 Å². The van der Waals surface area contributed by atoms with Gasteiger partial charge in [-0.1, -0.05) is 18.2 Å². The summed E-state index contributed by atoms with van der Waals surface area (Å²) in [6, 6.07) is 9.06. The number of likely N-dealkylation sites (N-methyl/N-ethyl adjacent to an activating group) is 1. The third-order valence-electron chi connectivity index (χ3n) is 5.16. The standard InChI is InChI=1S/C20H31N7O2S.HI/c1-4-21-20(23-16-18-9-10-24-26(18)3)22-15-17-7-5-6-8-19(17)30(28,29)27-13-11-25(2)12-14-27;/h5-10H,4,11-16H2,1-3H3,(H2,21,22,23);1H. The van der Waals surface area contributed by atoms with E-state index in [1.807, 2.05) is 39.2 Å². The highest BCUT2D eigenvalue weighted by molar-refractivity contribution is 14.0. The topological polar surface area (TPSA) is 94.9 Å². The van der Waals surface area contributed by atoms with Crippen LogP contribution in [0, 0.1) is 0 Å². The lowest BCUT2D eigenvalue weighted by atomic mass is 10.2. The summed E-state index contributed by atoms with van der Waals surface area (Å²) in [6.45, 7) is 6.03. The van der Waals surface area contributed by atoms with Crippen LogP contribution < -0.4 is 10.6 Å². The second-order valence-electron chi connectivity index (χ2n) is 7.31. The molecule has 0 amide bonds. The van der Waals surface area contributed by atoms with Crippen molar-refractivity contribution in [3.8, 4) is 0 Å². The molecule has 1 fully saturated rings. The van der Waals surface area contributed by atoms with Crippen molar-refractivity contribution in [3.63, 3.8) is 0 Å². The third kappa shape index (κ3) is 6.64. The van der Waals surface area contributed by atoms with Crippen LogP contribution in [0.25, 0.3) is 0 Å². The molecular weight excluding hydrogens is 529 g/mol. The number of benzene rings is 1. The number of aliphatic imine (C=N–C) groups is 1. The molecule has 31 heavy (non-hydrogen) atoms. The van der Waals surface area contributed by atoms with Crippen molar-refractivity contribution < 1.29 is 8.42 Å². The molecule has 2 heterocycles. The van der Waals surface area contributed by atoms with Crippen molar-refractivity contribution in [1.29, 1.82) is 0 Å². The molecule has 1 aliphatic heterocycles. The predicted octanol–water partition coefficient (Wildman–Crippen LogP) is 1.23. The molecule has 0 bridgehead atoms. The second-order valence-corrected chi connectivity index (χ2v) is 9.22. The van der Waals surface area contributed by atoms with Crippen molar-refractivity contribution in [2.45, 2.75) is 24.9 Å². The Balaban J connectivity index is 0.00000341. The smallest absolute Gasteiger partial charge is 0.243 e. The maximum Gasteiger partial charge on any atom is 0.243 e. The first-order valence-electron chi connectivity index (χ1n) is 10.2. The highest BCUT2D eigenvalue weighted by Gasteiger charge is 2.29. The lowest BCUT2D eigenvalue weighted by Gasteiger charge is -2.32. The number of guanidine groups is 1. The SMILES string of the molecule is CCNC(=NCc1ccccc1S(=O)(=O)N1CCN(C)CC1)NCc1ccnn1C.I. The summed E-state index contributed by atoms with van der Waals surface area (Å²) in [5.41, 5.74) is 1.72. The molecule has 0 spiro atoms. The van der Waals surface area contributed by atoms with E-state index < -0.39 is 10.0 Å². The fraction of sp³-hybridized carbons (Fsp3) is 0.500. The van der Waals surface area contributed by atoms with Gasteiger partial charge in [0.15, 0.2) is 5.96 Å². The van der Waals surface area contributed by atoms with E-state index in [9.17, 15) is 8.42 Å². The number of piperazine rings is 1. The van der Waals surface area contributed by atoms with E-state index in [-0.39, 0.29) is 30.5 Å². The first kappa shape index (κ1) is 25.6. The minimum atomic E-state index is -3.54. The number of sulfonamides is 1. The summed E-state index contributed by atoms with van der Waals surface area (Å²) in [7, 11) is 0.352. The lowest BCUT2D eigenvalue weighted by Crippen LogP contribution is -2.47. The van der Waals surface area contributed by atoms with Gasteiger partial charge in [-0.15, -0.1) is 24.0 Å². The average Bonchev–Trinajstić information content (AvgIpc) is 3.15. The largest absolute Gasteiger partial charge is 0.357 e. The maximum absolute atomic E-state index is 13.2. The molecule has 9 nitrogen and oxygen atoms in total. The highest BCUT2D eigenvalue weighted by Crippen LogP contribution is 2.22. The van der Waals surface area contributed by atoms with Crippen molar-refractivity contribution in [2.75, 3.05) is 39.8 Å². The molecule has 1 aromatic heterocycles. The summed E-state index contributed by atoms with van der Waals surface area (Å²) in [5, 5.41) is 10.6. The molecule has 0 aliphatic carbocycles.